The minimum atomic E-state index is -4.28. The molecule has 0 fully saturated rings. The molecule has 0 bridgehead atoms. The molecule has 36 heavy (non-hydrogen) atoms. The number of aliphatic hydroxyl groups is 1. The van der Waals surface area contributed by atoms with Crippen molar-refractivity contribution < 1.29 is 42.0 Å². The van der Waals surface area contributed by atoms with Crippen LogP contribution in [0, 0.1) is 12.8 Å². The van der Waals surface area contributed by atoms with Crippen molar-refractivity contribution in [2.24, 2.45) is 5.92 Å². The van der Waals surface area contributed by atoms with Gasteiger partial charge in [0.25, 0.3) is 0 Å². The molecule has 1 heterocycles. The van der Waals surface area contributed by atoms with Gasteiger partial charge < -0.3 is 24.1 Å². The molecule has 0 aromatic heterocycles. The van der Waals surface area contributed by atoms with Crippen LogP contribution in [0.2, 0.25) is 0 Å². The van der Waals surface area contributed by atoms with Gasteiger partial charge in [-0.15, -0.1) is 0 Å². The van der Waals surface area contributed by atoms with E-state index in [1.807, 2.05) is 13.8 Å². The van der Waals surface area contributed by atoms with E-state index in [-0.39, 0.29) is 54.1 Å². The van der Waals surface area contributed by atoms with Gasteiger partial charge in [0.2, 0.25) is 0 Å². The molecule has 0 aliphatic carbocycles. The Labute approximate surface area is 208 Å². The SMILES string of the molecule is C=Cc1c(C)cc(OCCCC(F)(F)F)c2c1COC(=O)c1c(ccc([C@@H](O)CC(C)C)c1OC)O2. The third kappa shape index (κ3) is 6.13. The number of aryl methyl sites for hydroxylation is 1. The Hall–Kier alpha value is -3.20. The zero-order chi connectivity index (χ0) is 26.6. The molecule has 6 nitrogen and oxygen atoms in total. The van der Waals surface area contributed by atoms with Crippen molar-refractivity contribution in [1.82, 2.24) is 0 Å². The molecule has 2 aromatic carbocycles. The molecule has 0 unspecified atom stereocenters. The lowest BCUT2D eigenvalue weighted by atomic mass is 9.96. The first-order valence-corrected chi connectivity index (χ1v) is 11.7. The fraction of sp³-hybridized carbons (Fsp3) is 0.444. The highest BCUT2D eigenvalue weighted by Gasteiger charge is 2.31. The van der Waals surface area contributed by atoms with Crippen molar-refractivity contribution in [3.05, 3.63) is 52.6 Å². The quantitative estimate of drug-likeness (QED) is 0.293. The van der Waals surface area contributed by atoms with Crippen LogP contribution >= 0.6 is 0 Å². The zero-order valence-corrected chi connectivity index (χ0v) is 20.8. The molecule has 9 heteroatoms. The summed E-state index contributed by atoms with van der Waals surface area (Å²) in [6.45, 7) is 9.18. The Kier molecular flexibility index (Phi) is 8.55. The average Bonchev–Trinajstić information content (AvgIpc) is 2.79. The molecule has 1 atom stereocenters. The minimum Gasteiger partial charge on any atom is -0.495 e. The molecule has 2 aromatic rings. The van der Waals surface area contributed by atoms with Crippen LogP contribution < -0.4 is 14.2 Å². The number of alkyl halides is 3. The second kappa shape index (κ2) is 11.2. The smallest absolute Gasteiger partial charge is 0.389 e. The van der Waals surface area contributed by atoms with Crippen LogP contribution in [0.5, 0.6) is 23.0 Å². The molecule has 0 spiro atoms. The number of halogens is 3. The summed E-state index contributed by atoms with van der Waals surface area (Å²) in [6.07, 6.45) is -4.31. The maximum absolute atomic E-state index is 13.1. The first-order chi connectivity index (χ1) is 17.0. The molecule has 3 rings (SSSR count). The van der Waals surface area contributed by atoms with Crippen molar-refractivity contribution in [3.63, 3.8) is 0 Å². The van der Waals surface area contributed by atoms with E-state index < -0.39 is 24.7 Å². The van der Waals surface area contributed by atoms with E-state index >= 15 is 0 Å². The molecule has 1 aliphatic heterocycles. The number of aliphatic hydroxyl groups excluding tert-OH is 1. The topological polar surface area (TPSA) is 74.2 Å². The largest absolute Gasteiger partial charge is 0.495 e. The van der Waals surface area contributed by atoms with Crippen LogP contribution in [0.1, 0.15) is 71.8 Å². The van der Waals surface area contributed by atoms with Gasteiger partial charge in [-0.2, -0.15) is 13.2 Å². The molecular formula is C27H31F3O6. The molecule has 196 valence electrons. The Balaban J connectivity index is 2.08. The number of carbonyl (C=O) groups excluding carboxylic acids is 1. The summed E-state index contributed by atoms with van der Waals surface area (Å²) in [4.78, 5) is 13.1. The lowest BCUT2D eigenvalue weighted by molar-refractivity contribution is -0.136. The highest BCUT2D eigenvalue weighted by molar-refractivity contribution is 5.97. The third-order valence-electron chi connectivity index (χ3n) is 5.83. The fourth-order valence-electron chi connectivity index (χ4n) is 4.19. The summed E-state index contributed by atoms with van der Waals surface area (Å²) >= 11 is 0. The lowest BCUT2D eigenvalue weighted by Gasteiger charge is -2.25. The fourth-order valence-corrected chi connectivity index (χ4v) is 4.19. The zero-order valence-electron chi connectivity index (χ0n) is 20.8. The van der Waals surface area contributed by atoms with Gasteiger partial charge in [-0.1, -0.05) is 26.5 Å². The number of ether oxygens (including phenoxy) is 4. The van der Waals surface area contributed by atoms with Crippen LogP contribution in [0.15, 0.2) is 24.8 Å². The van der Waals surface area contributed by atoms with E-state index in [2.05, 4.69) is 6.58 Å². The highest BCUT2D eigenvalue weighted by Crippen LogP contribution is 2.46. The third-order valence-corrected chi connectivity index (χ3v) is 5.83. The number of fused-ring (bicyclic) bond motifs is 2. The van der Waals surface area contributed by atoms with Crippen molar-refractivity contribution >= 4 is 12.0 Å². The van der Waals surface area contributed by atoms with Gasteiger partial charge in [0.15, 0.2) is 11.5 Å². The number of methoxy groups -OCH3 is 1. The van der Waals surface area contributed by atoms with E-state index in [1.54, 1.807) is 25.1 Å². The van der Waals surface area contributed by atoms with E-state index in [0.29, 0.717) is 23.1 Å². The molecule has 0 saturated heterocycles. The maximum Gasteiger partial charge on any atom is 0.389 e. The summed E-state index contributed by atoms with van der Waals surface area (Å²) in [7, 11) is 1.38. The van der Waals surface area contributed by atoms with Crippen LogP contribution in [-0.2, 0) is 11.3 Å². The monoisotopic (exact) mass is 508 g/mol. The van der Waals surface area contributed by atoms with Crippen molar-refractivity contribution in [3.8, 4) is 23.0 Å². The maximum atomic E-state index is 13.1. The standard InChI is InChI=1S/C27H31F3O6/c1-6-17-16(4)13-22(34-11-7-10-27(28,29)30)24-19(17)14-35-26(32)23-21(36-24)9-8-18(25(23)33-5)20(31)12-15(2)3/h6,8-9,13,15,20,31H,1,7,10-12,14H2,2-5H3/t20-/m0/s1. The Bertz CT molecular complexity index is 1120. The summed E-state index contributed by atoms with van der Waals surface area (Å²) < 4.78 is 60.7. The van der Waals surface area contributed by atoms with Crippen LogP contribution in [-0.4, -0.2) is 31.0 Å². The number of esters is 1. The minimum absolute atomic E-state index is 0.00667. The van der Waals surface area contributed by atoms with Gasteiger partial charge in [-0.25, -0.2) is 4.79 Å². The molecule has 0 radical (unpaired) electrons. The van der Waals surface area contributed by atoms with Gasteiger partial charge in [0.05, 0.1) is 19.8 Å². The number of hydrogen-bond donors (Lipinski definition) is 1. The molecule has 0 saturated carbocycles. The lowest BCUT2D eigenvalue weighted by Crippen LogP contribution is -2.16. The second-order valence-electron chi connectivity index (χ2n) is 9.07. The van der Waals surface area contributed by atoms with Gasteiger partial charge in [0.1, 0.15) is 23.7 Å². The number of cyclic esters (lactones) is 1. The van der Waals surface area contributed by atoms with Gasteiger partial charge in [-0.05, 0) is 55.0 Å². The summed E-state index contributed by atoms with van der Waals surface area (Å²) in [6, 6.07) is 4.81. The Morgan fingerprint density at radius 1 is 1.28 bits per heavy atom. The van der Waals surface area contributed by atoms with Gasteiger partial charge in [0, 0.05) is 17.5 Å². The first kappa shape index (κ1) is 27.4. The van der Waals surface area contributed by atoms with Crippen LogP contribution in [0.4, 0.5) is 13.2 Å². The van der Waals surface area contributed by atoms with Crippen LogP contribution in [0.3, 0.4) is 0 Å². The van der Waals surface area contributed by atoms with E-state index in [0.717, 1.165) is 5.56 Å². The highest BCUT2D eigenvalue weighted by atomic mass is 19.4. The normalized spacial score (nSPS) is 14.1. The Morgan fingerprint density at radius 3 is 2.61 bits per heavy atom. The number of carbonyl (C=O) groups is 1. The molecular weight excluding hydrogens is 477 g/mol. The number of hydrogen-bond acceptors (Lipinski definition) is 6. The Morgan fingerprint density at radius 2 is 2.00 bits per heavy atom. The van der Waals surface area contributed by atoms with E-state index in [1.165, 1.54) is 13.2 Å². The van der Waals surface area contributed by atoms with E-state index in [4.69, 9.17) is 18.9 Å². The van der Waals surface area contributed by atoms with Gasteiger partial charge in [-0.3, -0.25) is 0 Å². The predicted molar refractivity (Wildman–Crippen MR) is 129 cm³/mol. The van der Waals surface area contributed by atoms with E-state index in [9.17, 15) is 23.1 Å². The summed E-state index contributed by atoms with van der Waals surface area (Å²) in [5.74, 6) is 0.181. The second-order valence-corrected chi connectivity index (χ2v) is 9.07. The molecule has 1 aliphatic rings. The summed E-state index contributed by atoms with van der Waals surface area (Å²) in [5, 5.41) is 10.7. The van der Waals surface area contributed by atoms with Crippen molar-refractivity contribution in [1.29, 1.82) is 0 Å². The average molecular weight is 509 g/mol. The number of benzene rings is 2. The molecule has 1 N–H and O–H groups in total. The first-order valence-electron chi connectivity index (χ1n) is 11.7. The summed E-state index contributed by atoms with van der Waals surface area (Å²) in [5.41, 5.74) is 2.31. The predicted octanol–water partition coefficient (Wildman–Crippen LogP) is 6.91. The van der Waals surface area contributed by atoms with Crippen molar-refractivity contribution in [2.75, 3.05) is 13.7 Å². The number of rotatable bonds is 9. The van der Waals surface area contributed by atoms with Crippen LogP contribution in [0.25, 0.3) is 6.08 Å². The molecule has 0 amide bonds. The van der Waals surface area contributed by atoms with Crippen molar-refractivity contribution in [2.45, 2.75) is 58.9 Å². The van der Waals surface area contributed by atoms with Gasteiger partial charge >= 0.3 is 12.1 Å².